The zero-order valence-corrected chi connectivity index (χ0v) is 60.9. The lowest BCUT2D eigenvalue weighted by Gasteiger charge is -2.28. The van der Waals surface area contributed by atoms with Gasteiger partial charge in [-0.3, -0.25) is 0 Å². The van der Waals surface area contributed by atoms with Gasteiger partial charge in [0.25, 0.3) is 0 Å². The molecule has 0 N–H and O–H groups in total. The van der Waals surface area contributed by atoms with Crippen molar-refractivity contribution in [2.24, 2.45) is 0 Å². The predicted octanol–water partition coefficient (Wildman–Crippen LogP) is 29.8. The molecule has 6 nitrogen and oxygen atoms in total. The van der Waals surface area contributed by atoms with Crippen LogP contribution in [-0.2, 0) is 0 Å². The molecule has 6 heteroatoms. The maximum absolute atomic E-state index is 7.08. The Morgan fingerprint density at radius 1 is 0.196 bits per heavy atom. The fraction of sp³-hybridized carbons (Fsp3) is 0. The fourth-order valence-electron chi connectivity index (χ4n) is 17.6. The largest absolute Gasteiger partial charge is 0.456 e. The second-order valence-electron chi connectivity index (χ2n) is 29.0. The van der Waals surface area contributed by atoms with Gasteiger partial charge in [-0.1, -0.05) is 291 Å². The first-order valence-corrected chi connectivity index (χ1v) is 38.3. The van der Waals surface area contributed by atoms with Crippen LogP contribution in [0.1, 0.15) is 0 Å². The molecule has 4 heterocycles. The second-order valence-corrected chi connectivity index (χ2v) is 29.0. The van der Waals surface area contributed by atoms with Gasteiger partial charge in [0.05, 0.1) is 27.8 Å². The molecule has 0 radical (unpaired) electrons. The zero-order valence-electron chi connectivity index (χ0n) is 60.9. The van der Waals surface area contributed by atoms with Crippen LogP contribution in [0.15, 0.2) is 421 Å². The summed E-state index contributed by atoms with van der Waals surface area (Å²) in [6.45, 7) is 0. The van der Waals surface area contributed by atoms with Crippen molar-refractivity contribution in [2.75, 3.05) is 9.80 Å². The van der Waals surface area contributed by atoms with Crippen molar-refractivity contribution in [3.8, 4) is 78.1 Å². The van der Waals surface area contributed by atoms with Crippen molar-refractivity contribution in [1.29, 1.82) is 0 Å². The first-order valence-electron chi connectivity index (χ1n) is 38.3. The SMILES string of the molecule is c1ccc(-c2ccccc2N(c2ccc(-c3ccc(-c4cccc5oc6c(-c7cccc8cc(N(c9ccc(-c%10ccc(-c%11cccc%12oc%13ccccc%13c%11%12)cc%10)cc9)c9cccc(-n%10c%11ccccc%11c%11ccccc%11%10)c9)ccc78)cccc6c45)cc3)cc2)c2cccc(-n3c4ccccc4c4ccccc43)c2)cc1. The summed E-state index contributed by atoms with van der Waals surface area (Å²) in [5.74, 6) is 0. The second kappa shape index (κ2) is 26.5. The molecule has 0 spiro atoms. The molecule has 0 atom stereocenters. The van der Waals surface area contributed by atoms with Gasteiger partial charge in [-0.05, 0) is 188 Å². The molecule has 0 saturated heterocycles. The summed E-state index contributed by atoms with van der Waals surface area (Å²) in [4.78, 5) is 4.80. The van der Waals surface area contributed by atoms with Gasteiger partial charge >= 0.3 is 0 Å². The third-order valence-corrected chi connectivity index (χ3v) is 22.7. The summed E-state index contributed by atoms with van der Waals surface area (Å²) in [5, 5.41) is 11.6. The number of aromatic nitrogens is 2. The molecule has 0 amide bonds. The molecule has 524 valence electrons. The Kier molecular flexibility index (Phi) is 15.2. The number of nitrogens with zero attached hydrogens (tertiary/aromatic N) is 4. The average molecular weight is 1430 g/mol. The molecule has 18 aromatic carbocycles. The first-order chi connectivity index (χ1) is 55.5. The van der Waals surface area contributed by atoms with Crippen molar-refractivity contribution < 1.29 is 8.83 Å². The van der Waals surface area contributed by atoms with Gasteiger partial charge in [-0.25, -0.2) is 0 Å². The van der Waals surface area contributed by atoms with Crippen LogP contribution in [0.4, 0.5) is 34.1 Å². The van der Waals surface area contributed by atoms with Gasteiger partial charge in [0.15, 0.2) is 0 Å². The van der Waals surface area contributed by atoms with E-state index >= 15 is 0 Å². The van der Waals surface area contributed by atoms with E-state index in [0.717, 1.165) is 167 Å². The summed E-state index contributed by atoms with van der Waals surface area (Å²) < 4.78 is 18.2. The van der Waals surface area contributed by atoms with E-state index in [0.29, 0.717) is 0 Å². The molecule has 0 aliphatic heterocycles. The Morgan fingerprint density at radius 2 is 0.571 bits per heavy atom. The maximum atomic E-state index is 7.08. The Morgan fingerprint density at radius 3 is 1.15 bits per heavy atom. The highest BCUT2D eigenvalue weighted by molar-refractivity contribution is 6.18. The van der Waals surface area contributed by atoms with Crippen LogP contribution < -0.4 is 9.80 Å². The summed E-state index contributed by atoms with van der Waals surface area (Å²) in [6.07, 6.45) is 0. The number of anilines is 6. The minimum atomic E-state index is 0.847. The lowest BCUT2D eigenvalue weighted by molar-refractivity contribution is 0.669. The van der Waals surface area contributed by atoms with Crippen LogP contribution in [0.25, 0.3) is 176 Å². The van der Waals surface area contributed by atoms with E-state index in [-0.39, 0.29) is 0 Å². The van der Waals surface area contributed by atoms with Crippen LogP contribution in [0.5, 0.6) is 0 Å². The van der Waals surface area contributed by atoms with Crippen LogP contribution in [-0.4, -0.2) is 9.13 Å². The van der Waals surface area contributed by atoms with Crippen molar-refractivity contribution in [2.45, 2.75) is 0 Å². The third kappa shape index (κ3) is 10.7. The molecule has 0 unspecified atom stereocenters. The van der Waals surface area contributed by atoms with E-state index in [9.17, 15) is 0 Å². The average Bonchev–Trinajstić information content (AvgIpc) is 1.53. The van der Waals surface area contributed by atoms with Gasteiger partial charge in [-0.15, -0.1) is 0 Å². The summed E-state index contributed by atoms with van der Waals surface area (Å²) in [7, 11) is 0. The van der Waals surface area contributed by atoms with E-state index in [1.165, 1.54) is 43.6 Å². The maximum Gasteiger partial charge on any atom is 0.143 e. The molecular weight excluding hydrogens is 1360 g/mol. The number of fused-ring (bicyclic) bond motifs is 13. The highest BCUT2D eigenvalue weighted by Gasteiger charge is 2.24. The summed E-state index contributed by atoms with van der Waals surface area (Å²) in [6, 6.07) is 150. The minimum Gasteiger partial charge on any atom is -0.456 e. The smallest absolute Gasteiger partial charge is 0.143 e. The fourth-order valence-corrected chi connectivity index (χ4v) is 17.6. The van der Waals surface area contributed by atoms with Crippen LogP contribution >= 0.6 is 0 Å². The minimum absolute atomic E-state index is 0.847. The standard InChI is InChI=1S/C106H68N4O2/c1-2-22-73(23-3-1)85-29-4-10-40-96(85)108(80-26-18-28-82(68-80)110-99-43-13-7-32-91(99)92-33-8-14-44-100(92)110)78-62-58-72(59-63-78)70-50-54-75(55-51-70)87-36-21-47-103-105(87)95-39-19-38-93(106(95)112-103)88-37-16-24-76-66-83(64-65-84(76)88)107(79-25-17-27-81(67-79)109-97-41-11-5-30-89(97)90-31-6-12-42-98(90)109)77-60-56-71(57-61-77)69-48-52-74(53-49-69)86-35-20-46-102-104(86)94-34-9-15-45-101(94)111-102/h1-68H. The van der Waals surface area contributed by atoms with Gasteiger partial charge < -0.3 is 27.8 Å². The van der Waals surface area contributed by atoms with E-state index in [4.69, 9.17) is 8.83 Å². The van der Waals surface area contributed by atoms with Gasteiger partial charge in [0.1, 0.15) is 22.3 Å². The molecule has 112 heavy (non-hydrogen) atoms. The molecule has 0 aliphatic carbocycles. The normalized spacial score (nSPS) is 11.8. The summed E-state index contributed by atoms with van der Waals surface area (Å²) in [5.41, 5.74) is 30.2. The molecular formula is C106H68N4O2. The molecule has 22 aromatic rings. The summed E-state index contributed by atoms with van der Waals surface area (Å²) >= 11 is 0. The quantitative estimate of drug-likeness (QED) is 0.109. The number of rotatable bonds is 14. The Balaban J connectivity index is 0.593. The van der Waals surface area contributed by atoms with Crippen molar-refractivity contribution in [3.05, 3.63) is 413 Å². The van der Waals surface area contributed by atoms with E-state index in [2.05, 4.69) is 419 Å². The Hall–Kier alpha value is -15.0. The number of para-hydroxylation sites is 7. The highest BCUT2D eigenvalue weighted by atomic mass is 16.3. The van der Waals surface area contributed by atoms with Crippen LogP contribution in [0.3, 0.4) is 0 Å². The number of hydrogen-bond acceptors (Lipinski definition) is 4. The van der Waals surface area contributed by atoms with E-state index in [1.54, 1.807) is 0 Å². The molecule has 0 aliphatic rings. The molecule has 22 rings (SSSR count). The molecule has 0 bridgehead atoms. The number of hydrogen-bond donors (Lipinski definition) is 0. The Labute approximate surface area is 646 Å². The lowest BCUT2D eigenvalue weighted by atomic mass is 9.94. The monoisotopic (exact) mass is 1430 g/mol. The molecule has 4 aromatic heterocycles. The Bertz CT molecular complexity index is 7320. The van der Waals surface area contributed by atoms with Crippen molar-refractivity contribution in [3.63, 3.8) is 0 Å². The van der Waals surface area contributed by atoms with Gasteiger partial charge in [-0.2, -0.15) is 0 Å². The predicted molar refractivity (Wildman–Crippen MR) is 469 cm³/mol. The molecule has 0 saturated carbocycles. The van der Waals surface area contributed by atoms with E-state index in [1.807, 2.05) is 12.1 Å². The van der Waals surface area contributed by atoms with Crippen molar-refractivity contribution in [1.82, 2.24) is 9.13 Å². The highest BCUT2D eigenvalue weighted by Crippen LogP contribution is 2.48. The topological polar surface area (TPSA) is 42.6 Å². The van der Waals surface area contributed by atoms with Crippen molar-refractivity contribution >= 4 is 132 Å². The number of benzene rings is 18. The zero-order chi connectivity index (χ0) is 73.7. The number of furan rings is 2. The first kappa shape index (κ1) is 64.2. The van der Waals surface area contributed by atoms with Gasteiger partial charge in [0.2, 0.25) is 0 Å². The van der Waals surface area contributed by atoms with Gasteiger partial charge in [0, 0.05) is 94.0 Å². The van der Waals surface area contributed by atoms with Crippen LogP contribution in [0.2, 0.25) is 0 Å². The lowest BCUT2D eigenvalue weighted by Crippen LogP contribution is -2.11. The van der Waals surface area contributed by atoms with E-state index < -0.39 is 0 Å². The molecule has 0 fully saturated rings. The third-order valence-electron chi connectivity index (χ3n) is 22.7. The van der Waals surface area contributed by atoms with Crippen LogP contribution in [0, 0.1) is 0 Å².